The van der Waals surface area contributed by atoms with Crippen molar-refractivity contribution in [3.8, 4) is 0 Å². The van der Waals surface area contributed by atoms with Crippen molar-refractivity contribution in [2.24, 2.45) is 10.7 Å². The molecule has 10 heteroatoms. The molecule has 0 saturated carbocycles. The molecule has 2 aliphatic heterocycles. The van der Waals surface area contributed by atoms with E-state index in [1.165, 1.54) is 24.5 Å². The Labute approximate surface area is 176 Å². The highest BCUT2D eigenvalue weighted by Crippen LogP contribution is 2.51. The summed E-state index contributed by atoms with van der Waals surface area (Å²) in [6, 6.07) is 3.86. The van der Waals surface area contributed by atoms with Crippen molar-refractivity contribution in [3.63, 3.8) is 0 Å². The summed E-state index contributed by atoms with van der Waals surface area (Å²) in [6.45, 7) is 3.46. The number of anilines is 1. The molecule has 1 amide bonds. The van der Waals surface area contributed by atoms with Crippen LogP contribution in [0, 0.1) is 12.7 Å². The molecule has 4 rings (SSSR count). The normalized spacial score (nSPS) is 28.4. The summed E-state index contributed by atoms with van der Waals surface area (Å²) in [5.74, 6) is -1.10. The van der Waals surface area contributed by atoms with Crippen LogP contribution in [0.3, 0.4) is 0 Å². The van der Waals surface area contributed by atoms with Gasteiger partial charge in [-0.3, -0.25) is 9.78 Å². The lowest BCUT2D eigenvalue weighted by atomic mass is 9.73. The molecule has 0 spiro atoms. The van der Waals surface area contributed by atoms with Crippen molar-refractivity contribution in [2.75, 3.05) is 17.7 Å². The topological polar surface area (TPSA) is 102 Å². The van der Waals surface area contributed by atoms with Gasteiger partial charge in [0.05, 0.1) is 24.6 Å². The molecular weight excluding hydrogens is 412 g/mol. The molecule has 3 N–H and O–H groups in total. The van der Waals surface area contributed by atoms with Crippen LogP contribution in [0.15, 0.2) is 35.6 Å². The molecule has 0 aliphatic carbocycles. The third-order valence-electron chi connectivity index (χ3n) is 5.33. The largest absolute Gasteiger partial charge is 0.379 e. The number of carbonyl (C=O) groups excluding carboxylic acids is 1. The number of fused-ring (bicyclic) bond motifs is 1. The zero-order valence-electron chi connectivity index (χ0n) is 16.5. The predicted octanol–water partition coefficient (Wildman–Crippen LogP) is 2.95. The molecule has 0 unspecified atom stereocenters. The zero-order chi connectivity index (χ0) is 21.5. The summed E-state index contributed by atoms with van der Waals surface area (Å²) in [6.07, 6.45) is 2.59. The zero-order valence-corrected chi connectivity index (χ0v) is 17.3. The minimum Gasteiger partial charge on any atom is -0.379 e. The number of halogens is 2. The lowest BCUT2D eigenvalue weighted by Crippen LogP contribution is -2.60. The number of benzene rings is 1. The van der Waals surface area contributed by atoms with E-state index in [0.717, 1.165) is 17.8 Å². The van der Waals surface area contributed by atoms with Gasteiger partial charge in [-0.15, -0.1) is 0 Å². The lowest BCUT2D eigenvalue weighted by molar-refractivity contribution is -0.106. The summed E-state index contributed by atoms with van der Waals surface area (Å²) in [7, 11) is 0. The van der Waals surface area contributed by atoms with Crippen LogP contribution in [-0.4, -0.2) is 45.2 Å². The Morgan fingerprint density at radius 3 is 2.87 bits per heavy atom. The maximum Gasteiger partial charge on any atom is 0.275 e. The average Bonchev–Trinajstić information content (AvgIpc) is 2.68. The smallest absolute Gasteiger partial charge is 0.275 e. The monoisotopic (exact) mass is 433 g/mol. The maximum absolute atomic E-state index is 16.1. The SMILES string of the molecule is Cc1cnc(C(=O)Nc2cc(F)cc([C@]34CO[C@@H](C)C[C@@]3(F)CSC(N)=N4)c2)cn1. The number of aryl methyl sites for hydroxylation is 1. The van der Waals surface area contributed by atoms with Gasteiger partial charge in [0.15, 0.2) is 10.8 Å². The number of carbonyl (C=O) groups is 1. The highest BCUT2D eigenvalue weighted by Gasteiger charge is 2.59. The Hall–Kier alpha value is -2.59. The first-order valence-electron chi connectivity index (χ1n) is 9.40. The lowest BCUT2D eigenvalue weighted by Gasteiger charge is -2.49. The predicted molar refractivity (Wildman–Crippen MR) is 111 cm³/mol. The number of alkyl halides is 1. The second-order valence-corrected chi connectivity index (χ2v) is 8.61. The van der Waals surface area contributed by atoms with Crippen molar-refractivity contribution in [2.45, 2.75) is 37.6 Å². The van der Waals surface area contributed by atoms with Gasteiger partial charge in [-0.2, -0.15) is 0 Å². The minimum atomic E-state index is -1.77. The molecule has 1 aromatic carbocycles. The number of aliphatic imine (C=N–C) groups is 1. The summed E-state index contributed by atoms with van der Waals surface area (Å²) >= 11 is 1.13. The van der Waals surface area contributed by atoms with Crippen molar-refractivity contribution < 1.29 is 18.3 Å². The van der Waals surface area contributed by atoms with Gasteiger partial charge in [-0.05, 0) is 37.6 Å². The number of nitrogens with zero attached hydrogens (tertiary/aromatic N) is 3. The van der Waals surface area contributed by atoms with E-state index in [1.807, 2.05) is 0 Å². The summed E-state index contributed by atoms with van der Waals surface area (Å²) in [5, 5.41) is 2.81. The average molecular weight is 433 g/mol. The molecule has 1 fully saturated rings. The standard InChI is InChI=1S/C20H21F2N5O2S/c1-11-7-25-16(8-24-11)17(28)26-15-4-13(3-14(21)5-15)20-9-29-12(2)6-19(20,22)10-30-18(23)27-20/h3-5,7-8,12H,6,9-10H2,1-2H3,(H2,23,27)(H,26,28)/t12-,19+,20+/m0/s1. The Morgan fingerprint density at radius 1 is 1.33 bits per heavy atom. The number of rotatable bonds is 3. The van der Waals surface area contributed by atoms with Gasteiger partial charge in [-0.25, -0.2) is 18.8 Å². The van der Waals surface area contributed by atoms with Crippen molar-refractivity contribution in [3.05, 3.63) is 53.4 Å². The highest BCUT2D eigenvalue weighted by molar-refractivity contribution is 8.13. The van der Waals surface area contributed by atoms with Crippen molar-refractivity contribution >= 4 is 28.5 Å². The Balaban J connectivity index is 1.72. The Bertz CT molecular complexity index is 1020. The number of thioether (sulfide) groups is 1. The highest BCUT2D eigenvalue weighted by atomic mass is 32.2. The van der Waals surface area contributed by atoms with Crippen LogP contribution in [0.25, 0.3) is 0 Å². The summed E-state index contributed by atoms with van der Waals surface area (Å²) in [5.41, 5.74) is 3.81. The molecular formula is C20H21F2N5O2S. The fourth-order valence-corrected chi connectivity index (χ4v) is 4.76. The van der Waals surface area contributed by atoms with E-state index in [1.54, 1.807) is 13.8 Å². The third-order valence-corrected chi connectivity index (χ3v) is 6.31. The van der Waals surface area contributed by atoms with Gasteiger partial charge in [0, 0.05) is 24.1 Å². The first kappa shape index (κ1) is 20.7. The van der Waals surface area contributed by atoms with Crippen molar-refractivity contribution in [1.29, 1.82) is 0 Å². The molecule has 2 aliphatic rings. The maximum atomic E-state index is 16.1. The van der Waals surface area contributed by atoms with E-state index >= 15 is 4.39 Å². The van der Waals surface area contributed by atoms with E-state index < -0.39 is 22.9 Å². The molecule has 0 radical (unpaired) electrons. The quantitative estimate of drug-likeness (QED) is 0.772. The number of amides is 1. The Kier molecular flexibility index (Phi) is 5.23. The molecule has 2 aromatic rings. The molecule has 1 aromatic heterocycles. The number of amidine groups is 1. The van der Waals surface area contributed by atoms with Crippen LogP contribution < -0.4 is 11.1 Å². The van der Waals surface area contributed by atoms with E-state index in [4.69, 9.17) is 10.5 Å². The fourth-order valence-electron chi connectivity index (χ4n) is 3.81. The fraction of sp³-hybridized carbons (Fsp3) is 0.400. The second-order valence-electron chi connectivity index (χ2n) is 7.62. The molecule has 3 atom stereocenters. The molecule has 1 saturated heterocycles. The van der Waals surface area contributed by atoms with Crippen LogP contribution in [0.5, 0.6) is 0 Å². The first-order chi connectivity index (χ1) is 14.2. The molecule has 158 valence electrons. The number of hydrogen-bond acceptors (Lipinski definition) is 7. The number of nitrogens with one attached hydrogen (secondary N) is 1. The van der Waals surface area contributed by atoms with Crippen molar-refractivity contribution in [1.82, 2.24) is 9.97 Å². The van der Waals surface area contributed by atoms with Gasteiger partial charge >= 0.3 is 0 Å². The molecule has 7 nitrogen and oxygen atoms in total. The molecule has 30 heavy (non-hydrogen) atoms. The molecule has 3 heterocycles. The number of nitrogens with two attached hydrogens (primary N) is 1. The van der Waals surface area contributed by atoms with Crippen LogP contribution in [0.4, 0.5) is 14.5 Å². The van der Waals surface area contributed by atoms with Crippen LogP contribution in [0.1, 0.15) is 35.1 Å². The number of ether oxygens (including phenoxy) is 1. The number of aromatic nitrogens is 2. The molecule has 0 bridgehead atoms. The van der Waals surface area contributed by atoms with Gasteiger partial charge in [-0.1, -0.05) is 11.8 Å². The van der Waals surface area contributed by atoms with Gasteiger partial charge in [0.1, 0.15) is 17.1 Å². The van der Waals surface area contributed by atoms with E-state index in [-0.39, 0.29) is 47.0 Å². The summed E-state index contributed by atoms with van der Waals surface area (Å²) < 4.78 is 36.4. The minimum absolute atomic E-state index is 0.0772. The van der Waals surface area contributed by atoms with E-state index in [0.29, 0.717) is 5.69 Å². The first-order valence-corrected chi connectivity index (χ1v) is 10.4. The Morgan fingerprint density at radius 2 is 2.13 bits per heavy atom. The van der Waals surface area contributed by atoms with Crippen LogP contribution >= 0.6 is 11.8 Å². The van der Waals surface area contributed by atoms with Gasteiger partial charge in [0.2, 0.25) is 0 Å². The van der Waals surface area contributed by atoms with Crippen LogP contribution in [0.2, 0.25) is 0 Å². The van der Waals surface area contributed by atoms with E-state index in [2.05, 4.69) is 20.3 Å². The van der Waals surface area contributed by atoms with E-state index in [9.17, 15) is 9.18 Å². The summed E-state index contributed by atoms with van der Waals surface area (Å²) in [4.78, 5) is 24.9. The van der Waals surface area contributed by atoms with Gasteiger partial charge in [0.25, 0.3) is 5.91 Å². The third kappa shape index (κ3) is 3.65. The van der Waals surface area contributed by atoms with Crippen LogP contribution in [-0.2, 0) is 10.3 Å². The number of hydrogen-bond donors (Lipinski definition) is 2. The van der Waals surface area contributed by atoms with Gasteiger partial charge < -0.3 is 15.8 Å². The second kappa shape index (κ2) is 7.59.